The minimum absolute atomic E-state index is 0.0811. The van der Waals surface area contributed by atoms with Crippen molar-refractivity contribution in [2.24, 2.45) is 5.92 Å². The number of carbonyl (C=O) groups excluding carboxylic acids is 2. The maximum absolute atomic E-state index is 12.6. The van der Waals surface area contributed by atoms with Gasteiger partial charge in [-0.1, -0.05) is 38.1 Å². The van der Waals surface area contributed by atoms with Crippen molar-refractivity contribution in [3.05, 3.63) is 59.8 Å². The molecule has 1 aliphatic rings. The number of ether oxygens (including phenoxy) is 2. The highest BCUT2D eigenvalue weighted by molar-refractivity contribution is 6.09. The number of benzene rings is 2. The van der Waals surface area contributed by atoms with E-state index in [0.717, 1.165) is 28.6 Å². The highest BCUT2D eigenvalue weighted by Gasteiger charge is 2.18. The van der Waals surface area contributed by atoms with E-state index in [1.807, 2.05) is 60.9 Å². The van der Waals surface area contributed by atoms with E-state index in [0.29, 0.717) is 31.1 Å². The molecule has 1 N–H and O–H groups in total. The van der Waals surface area contributed by atoms with Crippen molar-refractivity contribution >= 4 is 22.6 Å². The normalized spacial score (nSPS) is 13.3. The van der Waals surface area contributed by atoms with Crippen molar-refractivity contribution < 1.29 is 19.1 Å². The number of ketones is 1. The van der Waals surface area contributed by atoms with Gasteiger partial charge in [0.2, 0.25) is 5.91 Å². The van der Waals surface area contributed by atoms with Crippen molar-refractivity contribution in [1.82, 2.24) is 9.88 Å². The molecule has 4 rings (SSSR count). The second-order valence-electron chi connectivity index (χ2n) is 7.82. The Hall–Kier alpha value is -3.28. The van der Waals surface area contributed by atoms with E-state index in [1.165, 1.54) is 0 Å². The Balaban J connectivity index is 1.46. The monoisotopic (exact) mass is 406 g/mol. The van der Waals surface area contributed by atoms with E-state index >= 15 is 0 Å². The average Bonchev–Trinajstić information content (AvgIpc) is 2.93. The van der Waals surface area contributed by atoms with E-state index < -0.39 is 0 Å². The first kappa shape index (κ1) is 20.0. The van der Waals surface area contributed by atoms with Crippen LogP contribution in [0.1, 0.15) is 36.2 Å². The largest absolute Gasteiger partial charge is 0.490 e. The molecule has 0 bridgehead atoms. The number of hydrogen-bond acceptors (Lipinski definition) is 4. The molecule has 0 unspecified atom stereocenters. The quantitative estimate of drug-likeness (QED) is 0.629. The lowest BCUT2D eigenvalue weighted by Crippen LogP contribution is -2.26. The third-order valence-corrected chi connectivity index (χ3v) is 5.19. The van der Waals surface area contributed by atoms with Crippen molar-refractivity contribution in [1.29, 1.82) is 0 Å². The Bertz CT molecular complexity index is 1080. The minimum Gasteiger partial charge on any atom is -0.490 e. The van der Waals surface area contributed by atoms with Crippen LogP contribution in [0.4, 0.5) is 0 Å². The van der Waals surface area contributed by atoms with Gasteiger partial charge in [-0.05, 0) is 23.8 Å². The van der Waals surface area contributed by atoms with Gasteiger partial charge in [-0.3, -0.25) is 9.59 Å². The van der Waals surface area contributed by atoms with E-state index in [2.05, 4.69) is 5.32 Å². The SMILES string of the molecule is CC(C)C(=O)c1cn(CC(=O)NCc2ccc3c(c2)OCCCO3)c2ccccc12. The molecule has 3 aromatic rings. The van der Waals surface area contributed by atoms with Gasteiger partial charge in [-0.15, -0.1) is 0 Å². The second-order valence-corrected chi connectivity index (χ2v) is 7.82. The molecule has 6 nitrogen and oxygen atoms in total. The zero-order chi connectivity index (χ0) is 21.1. The van der Waals surface area contributed by atoms with Gasteiger partial charge in [0, 0.05) is 41.5 Å². The van der Waals surface area contributed by atoms with Crippen LogP contribution < -0.4 is 14.8 Å². The molecular weight excluding hydrogens is 380 g/mol. The Labute approximate surface area is 175 Å². The van der Waals surface area contributed by atoms with E-state index in [9.17, 15) is 9.59 Å². The van der Waals surface area contributed by atoms with Crippen LogP contribution >= 0.6 is 0 Å². The van der Waals surface area contributed by atoms with Crippen LogP contribution in [0.25, 0.3) is 10.9 Å². The van der Waals surface area contributed by atoms with Gasteiger partial charge in [0.25, 0.3) is 0 Å². The summed E-state index contributed by atoms with van der Waals surface area (Å²) in [6, 6.07) is 13.4. The predicted octanol–water partition coefficient (Wildman–Crippen LogP) is 3.96. The number of para-hydroxylation sites is 1. The number of amides is 1. The molecule has 1 aromatic heterocycles. The summed E-state index contributed by atoms with van der Waals surface area (Å²) in [5.41, 5.74) is 2.49. The lowest BCUT2D eigenvalue weighted by Gasteiger charge is -2.11. The highest BCUT2D eigenvalue weighted by atomic mass is 16.5. The number of nitrogens with zero attached hydrogens (tertiary/aromatic N) is 1. The third-order valence-electron chi connectivity index (χ3n) is 5.19. The van der Waals surface area contributed by atoms with Crippen LogP contribution in [0.2, 0.25) is 0 Å². The molecule has 0 aliphatic carbocycles. The lowest BCUT2D eigenvalue weighted by atomic mass is 10.0. The van der Waals surface area contributed by atoms with E-state index in [-0.39, 0.29) is 24.2 Å². The number of nitrogens with one attached hydrogen (secondary N) is 1. The van der Waals surface area contributed by atoms with Gasteiger partial charge >= 0.3 is 0 Å². The Morgan fingerprint density at radius 3 is 2.63 bits per heavy atom. The fraction of sp³-hybridized carbons (Fsp3) is 0.333. The van der Waals surface area contributed by atoms with Gasteiger partial charge in [0.15, 0.2) is 17.3 Å². The molecule has 1 aliphatic heterocycles. The van der Waals surface area contributed by atoms with Gasteiger partial charge in [0.1, 0.15) is 6.54 Å². The van der Waals surface area contributed by atoms with Crippen LogP contribution in [0.3, 0.4) is 0 Å². The van der Waals surface area contributed by atoms with Crippen LogP contribution in [0.15, 0.2) is 48.7 Å². The number of fused-ring (bicyclic) bond motifs is 2. The summed E-state index contributed by atoms with van der Waals surface area (Å²) in [4.78, 5) is 25.2. The van der Waals surface area contributed by atoms with Gasteiger partial charge in [-0.2, -0.15) is 0 Å². The highest BCUT2D eigenvalue weighted by Crippen LogP contribution is 2.30. The summed E-state index contributed by atoms with van der Waals surface area (Å²) in [5, 5.41) is 3.84. The topological polar surface area (TPSA) is 69.6 Å². The van der Waals surface area contributed by atoms with Crippen LogP contribution in [-0.2, 0) is 17.9 Å². The molecule has 0 spiro atoms. The summed E-state index contributed by atoms with van der Waals surface area (Å²) in [6.07, 6.45) is 2.65. The molecule has 0 saturated heterocycles. The molecule has 0 fully saturated rings. The standard InChI is InChI=1S/C24H26N2O4/c1-16(2)24(28)19-14-26(20-7-4-3-6-18(19)20)15-23(27)25-13-17-8-9-21-22(12-17)30-11-5-10-29-21/h3-4,6-9,12,14,16H,5,10-11,13,15H2,1-2H3,(H,25,27). The molecule has 2 heterocycles. The van der Waals surface area contributed by atoms with Crippen LogP contribution in [0.5, 0.6) is 11.5 Å². The zero-order valence-electron chi connectivity index (χ0n) is 17.3. The maximum Gasteiger partial charge on any atom is 0.240 e. The van der Waals surface area contributed by atoms with Gasteiger partial charge in [0.05, 0.1) is 13.2 Å². The number of rotatable bonds is 6. The van der Waals surface area contributed by atoms with Crippen molar-refractivity contribution in [2.45, 2.75) is 33.4 Å². The average molecular weight is 406 g/mol. The molecule has 2 aromatic carbocycles. The molecule has 0 radical (unpaired) electrons. The van der Waals surface area contributed by atoms with Crippen molar-refractivity contribution in [2.75, 3.05) is 13.2 Å². The number of carbonyl (C=O) groups is 2. The minimum atomic E-state index is -0.119. The van der Waals surface area contributed by atoms with Crippen LogP contribution in [0, 0.1) is 5.92 Å². The lowest BCUT2D eigenvalue weighted by molar-refractivity contribution is -0.121. The van der Waals surface area contributed by atoms with Crippen molar-refractivity contribution in [3.63, 3.8) is 0 Å². The number of aromatic nitrogens is 1. The van der Waals surface area contributed by atoms with Gasteiger partial charge in [-0.25, -0.2) is 0 Å². The third kappa shape index (κ3) is 4.17. The summed E-state index contributed by atoms with van der Waals surface area (Å²) in [5.74, 6) is 1.32. The number of Topliss-reactive ketones (excluding diaryl/α,β-unsaturated/α-hetero) is 1. The molecule has 30 heavy (non-hydrogen) atoms. The summed E-state index contributed by atoms with van der Waals surface area (Å²) >= 11 is 0. The molecule has 0 saturated carbocycles. The molecule has 0 atom stereocenters. The summed E-state index contributed by atoms with van der Waals surface area (Å²) < 4.78 is 13.2. The molecular formula is C24H26N2O4. The molecule has 6 heteroatoms. The van der Waals surface area contributed by atoms with Crippen molar-refractivity contribution in [3.8, 4) is 11.5 Å². The summed E-state index contributed by atoms with van der Waals surface area (Å²) in [7, 11) is 0. The molecule has 156 valence electrons. The first-order chi connectivity index (χ1) is 14.5. The van der Waals surface area contributed by atoms with E-state index in [1.54, 1.807) is 6.20 Å². The Morgan fingerprint density at radius 2 is 1.83 bits per heavy atom. The smallest absolute Gasteiger partial charge is 0.240 e. The first-order valence-corrected chi connectivity index (χ1v) is 10.3. The first-order valence-electron chi connectivity index (χ1n) is 10.3. The van der Waals surface area contributed by atoms with Crippen LogP contribution in [-0.4, -0.2) is 29.5 Å². The fourth-order valence-electron chi connectivity index (χ4n) is 3.61. The van der Waals surface area contributed by atoms with Gasteiger partial charge < -0.3 is 19.4 Å². The van der Waals surface area contributed by atoms with E-state index in [4.69, 9.17) is 9.47 Å². The predicted molar refractivity (Wildman–Crippen MR) is 115 cm³/mol. The Kier molecular flexibility index (Phi) is 5.74. The second kappa shape index (κ2) is 8.61. The summed E-state index contributed by atoms with van der Waals surface area (Å²) in [6.45, 7) is 5.59. The number of hydrogen-bond donors (Lipinski definition) is 1. The molecule has 1 amide bonds. The fourth-order valence-corrected chi connectivity index (χ4v) is 3.61. The maximum atomic E-state index is 12.6. The Morgan fingerprint density at radius 1 is 1.07 bits per heavy atom. The zero-order valence-corrected chi connectivity index (χ0v) is 17.3.